The van der Waals surface area contributed by atoms with E-state index >= 15 is 0 Å². The average molecular weight is 494 g/mol. The van der Waals surface area contributed by atoms with Crippen molar-refractivity contribution in [3.8, 4) is 0 Å². The van der Waals surface area contributed by atoms with E-state index in [9.17, 15) is 24.3 Å². The first kappa shape index (κ1) is 25.2. The van der Waals surface area contributed by atoms with Gasteiger partial charge in [-0.3, -0.25) is 14.4 Å². The summed E-state index contributed by atoms with van der Waals surface area (Å²) in [5, 5.41) is 16.4. The second-order valence-electron chi connectivity index (χ2n) is 10.3. The van der Waals surface area contributed by atoms with Gasteiger partial charge >= 0.3 is 5.97 Å². The highest BCUT2D eigenvalue weighted by Crippen LogP contribution is 2.53. The molecule has 4 aliphatic rings. The van der Waals surface area contributed by atoms with Crippen LogP contribution in [0.3, 0.4) is 0 Å². The number of nitrogens with two attached hydrogens (primary N) is 1. The monoisotopic (exact) mass is 493 g/mol. The van der Waals surface area contributed by atoms with Gasteiger partial charge in [0.15, 0.2) is 0 Å². The number of amides is 2. The smallest absolute Gasteiger partial charge is 0.353 e. The fourth-order valence-electron chi connectivity index (χ4n) is 5.83. The molecule has 4 rings (SSSR count). The molecule has 0 aromatic heterocycles. The normalized spacial score (nSPS) is 35.9. The number of hydrogen-bond acceptors (Lipinski definition) is 8. The second-order valence-corrected chi connectivity index (χ2v) is 11.6. The lowest BCUT2D eigenvalue weighted by molar-refractivity contribution is -0.160. The molecule has 0 spiro atoms. The summed E-state index contributed by atoms with van der Waals surface area (Å²) in [6.07, 6.45) is 1.48. The Labute approximate surface area is 204 Å². The van der Waals surface area contributed by atoms with E-state index in [0.29, 0.717) is 30.8 Å². The summed E-state index contributed by atoms with van der Waals surface area (Å²) >= 11 is 1.47. The SMILES string of the molecule is C[C@@H](CC(=O)[C@@H]1C[C@H](N)CN1)[C@H]1C(=O)N2C(C(=O)O)=C(S[C@@H]3CN[C@H](C(=O)N(C)C)C3)[C@H](C)[C@@H]12. The third-order valence-corrected chi connectivity index (χ3v) is 9.12. The zero-order valence-corrected chi connectivity index (χ0v) is 20.9. The maximum atomic E-state index is 13.1. The van der Waals surface area contributed by atoms with Gasteiger partial charge in [0.25, 0.3) is 0 Å². The number of rotatable bonds is 8. The van der Waals surface area contributed by atoms with Crippen molar-refractivity contribution in [2.75, 3.05) is 27.2 Å². The van der Waals surface area contributed by atoms with Gasteiger partial charge in [0.05, 0.1) is 24.0 Å². The molecule has 3 saturated heterocycles. The molecule has 188 valence electrons. The molecule has 0 aliphatic carbocycles. The first-order valence-corrected chi connectivity index (χ1v) is 12.8. The van der Waals surface area contributed by atoms with Crippen molar-refractivity contribution in [1.82, 2.24) is 20.4 Å². The van der Waals surface area contributed by atoms with E-state index in [0.717, 1.165) is 0 Å². The van der Waals surface area contributed by atoms with Crippen molar-refractivity contribution in [3.63, 3.8) is 0 Å². The van der Waals surface area contributed by atoms with Crippen molar-refractivity contribution in [2.24, 2.45) is 23.5 Å². The van der Waals surface area contributed by atoms with Crippen molar-refractivity contribution < 1.29 is 24.3 Å². The van der Waals surface area contributed by atoms with E-state index < -0.39 is 5.97 Å². The minimum atomic E-state index is -1.11. The molecule has 0 radical (unpaired) electrons. The average Bonchev–Trinajstić information content (AvgIpc) is 3.46. The van der Waals surface area contributed by atoms with Crippen molar-refractivity contribution in [2.45, 2.75) is 62.5 Å². The van der Waals surface area contributed by atoms with Gasteiger partial charge < -0.3 is 31.3 Å². The number of likely N-dealkylation sites (N-methyl/N-ethyl adjacent to an activating group) is 1. The van der Waals surface area contributed by atoms with E-state index in [1.54, 1.807) is 19.0 Å². The third kappa shape index (κ3) is 4.38. The molecule has 4 aliphatic heterocycles. The molecule has 0 unspecified atom stereocenters. The van der Waals surface area contributed by atoms with E-state index in [4.69, 9.17) is 5.73 Å². The zero-order chi connectivity index (χ0) is 24.9. The zero-order valence-electron chi connectivity index (χ0n) is 20.1. The molecule has 0 aromatic carbocycles. The number of fused-ring (bicyclic) bond motifs is 1. The van der Waals surface area contributed by atoms with Gasteiger partial charge in [0.1, 0.15) is 11.5 Å². The number of nitrogens with one attached hydrogen (secondary N) is 2. The van der Waals surface area contributed by atoms with Gasteiger partial charge in [-0.2, -0.15) is 0 Å². The van der Waals surface area contributed by atoms with E-state index in [-0.39, 0.29) is 76.9 Å². The Morgan fingerprint density at radius 2 is 1.88 bits per heavy atom. The molecule has 0 saturated carbocycles. The lowest BCUT2D eigenvalue weighted by atomic mass is 9.73. The van der Waals surface area contributed by atoms with E-state index in [1.807, 2.05) is 13.8 Å². The number of ketones is 1. The van der Waals surface area contributed by atoms with Crippen LogP contribution in [-0.2, 0) is 19.2 Å². The van der Waals surface area contributed by atoms with Crippen LogP contribution in [-0.4, -0.2) is 95.1 Å². The Hall–Kier alpha value is -1.95. The molecule has 34 heavy (non-hydrogen) atoms. The summed E-state index contributed by atoms with van der Waals surface area (Å²) < 4.78 is 0. The molecule has 11 heteroatoms. The molecule has 4 heterocycles. The van der Waals surface area contributed by atoms with Crippen molar-refractivity contribution >= 4 is 35.3 Å². The van der Waals surface area contributed by atoms with Gasteiger partial charge in [0.2, 0.25) is 11.8 Å². The maximum absolute atomic E-state index is 13.1. The van der Waals surface area contributed by atoms with Crippen molar-refractivity contribution in [3.05, 3.63) is 10.6 Å². The highest BCUT2D eigenvalue weighted by molar-refractivity contribution is 8.03. The highest BCUT2D eigenvalue weighted by Gasteiger charge is 2.60. The number of nitrogens with zero attached hydrogens (tertiary/aromatic N) is 2. The summed E-state index contributed by atoms with van der Waals surface area (Å²) in [7, 11) is 3.43. The molecule has 3 fully saturated rings. The number of carbonyl (C=O) groups excluding carboxylic acids is 3. The van der Waals surface area contributed by atoms with E-state index in [1.165, 1.54) is 16.7 Å². The van der Waals surface area contributed by atoms with Crippen LogP contribution in [0.1, 0.15) is 33.1 Å². The summed E-state index contributed by atoms with van der Waals surface area (Å²) in [4.78, 5) is 54.0. The number of Topliss-reactive ketones (excluding diaryl/α,β-unsaturated/α-hetero) is 1. The highest BCUT2D eigenvalue weighted by atomic mass is 32.2. The molecular formula is C23H35N5O5S. The maximum Gasteiger partial charge on any atom is 0.353 e. The first-order chi connectivity index (χ1) is 16.0. The number of thioether (sulfide) groups is 1. The van der Waals surface area contributed by atoms with Crippen LogP contribution in [0.5, 0.6) is 0 Å². The number of β-lactam (4-membered cyclic amide) rings is 1. The topological polar surface area (TPSA) is 145 Å². The number of hydrogen-bond donors (Lipinski definition) is 4. The lowest BCUT2D eigenvalue weighted by Gasteiger charge is -2.47. The summed E-state index contributed by atoms with van der Waals surface area (Å²) in [5.74, 6) is -1.96. The van der Waals surface area contributed by atoms with Gasteiger partial charge in [0, 0.05) is 55.7 Å². The summed E-state index contributed by atoms with van der Waals surface area (Å²) in [6, 6.07) is -0.833. The Morgan fingerprint density at radius 1 is 1.21 bits per heavy atom. The van der Waals surface area contributed by atoms with Crippen LogP contribution in [0, 0.1) is 17.8 Å². The lowest BCUT2D eigenvalue weighted by Crippen LogP contribution is -2.62. The Morgan fingerprint density at radius 3 is 2.47 bits per heavy atom. The minimum absolute atomic E-state index is 0.00488. The standard InChI is InChI=1S/C23H35N5O5S/c1-10(5-16(29)14-6-12(24)8-25-14)17-18-11(2)20(19(23(32)33)28(18)22(17)31)34-13-7-15(26-9-13)21(30)27(3)4/h10-15,17-18,25-26H,5-9,24H2,1-4H3,(H,32,33)/t10-,11+,12-,13-,14-,15-,17+,18-/m0/s1. The number of carboxylic acid groups (broad SMARTS) is 1. The predicted molar refractivity (Wildman–Crippen MR) is 128 cm³/mol. The molecule has 0 aromatic rings. The fourth-order valence-corrected chi connectivity index (χ4v) is 7.31. The quantitative estimate of drug-likeness (QED) is 0.332. The number of carboxylic acids is 1. The molecule has 2 amide bonds. The van der Waals surface area contributed by atoms with Gasteiger partial charge in [-0.05, 0) is 18.8 Å². The van der Waals surface area contributed by atoms with Gasteiger partial charge in [-0.1, -0.05) is 13.8 Å². The van der Waals surface area contributed by atoms with Crippen LogP contribution in [0.15, 0.2) is 10.6 Å². The number of aliphatic carboxylic acids is 1. The van der Waals surface area contributed by atoms with Crippen LogP contribution in [0.2, 0.25) is 0 Å². The van der Waals surface area contributed by atoms with Crippen LogP contribution in [0.4, 0.5) is 0 Å². The first-order valence-electron chi connectivity index (χ1n) is 11.9. The van der Waals surface area contributed by atoms with Crippen LogP contribution < -0.4 is 16.4 Å². The molecule has 10 nitrogen and oxygen atoms in total. The number of carbonyl (C=O) groups is 4. The molecular weight excluding hydrogens is 458 g/mol. The second kappa shape index (κ2) is 9.60. The summed E-state index contributed by atoms with van der Waals surface area (Å²) in [6.45, 7) is 5.08. The van der Waals surface area contributed by atoms with Gasteiger partial charge in [-0.15, -0.1) is 11.8 Å². The predicted octanol–water partition coefficient (Wildman–Crippen LogP) is -0.404. The van der Waals surface area contributed by atoms with Gasteiger partial charge in [-0.25, -0.2) is 4.79 Å². The Balaban J connectivity index is 1.44. The molecule has 8 atom stereocenters. The Kier molecular flexibility index (Phi) is 7.10. The minimum Gasteiger partial charge on any atom is -0.477 e. The fraction of sp³-hybridized carbons (Fsp3) is 0.739. The molecule has 0 bridgehead atoms. The van der Waals surface area contributed by atoms with Crippen LogP contribution in [0.25, 0.3) is 0 Å². The Bertz CT molecular complexity index is 923. The molecule has 5 N–H and O–H groups in total. The van der Waals surface area contributed by atoms with Crippen molar-refractivity contribution in [1.29, 1.82) is 0 Å². The largest absolute Gasteiger partial charge is 0.477 e. The van der Waals surface area contributed by atoms with Crippen LogP contribution >= 0.6 is 11.8 Å². The van der Waals surface area contributed by atoms with E-state index in [2.05, 4.69) is 10.6 Å². The summed E-state index contributed by atoms with van der Waals surface area (Å²) in [5.41, 5.74) is 5.97. The third-order valence-electron chi connectivity index (χ3n) is 7.60.